The summed E-state index contributed by atoms with van der Waals surface area (Å²) in [6.45, 7) is 2.67. The molecule has 130 valence electrons. The highest BCUT2D eigenvalue weighted by Gasteiger charge is 2.33. The molecule has 2 aliphatic rings. The summed E-state index contributed by atoms with van der Waals surface area (Å²) in [4.78, 5) is 29.4. The van der Waals surface area contributed by atoms with Crippen molar-refractivity contribution in [2.45, 2.75) is 19.3 Å². The van der Waals surface area contributed by atoms with Crippen molar-refractivity contribution in [1.29, 1.82) is 0 Å². The fraction of sp³-hybridized carbons (Fsp3) is 0.400. The molecule has 0 aromatic heterocycles. The molecule has 2 aliphatic heterocycles. The molecule has 0 saturated carbocycles. The van der Waals surface area contributed by atoms with E-state index in [1.165, 1.54) is 24.2 Å². The highest BCUT2D eigenvalue weighted by Crippen LogP contribution is 2.36. The summed E-state index contributed by atoms with van der Waals surface area (Å²) in [5, 5.41) is 1.80. The third-order valence-electron chi connectivity index (χ3n) is 5.18. The van der Waals surface area contributed by atoms with Crippen LogP contribution < -0.4 is 4.90 Å². The number of methoxy groups -OCH3 is 1. The van der Waals surface area contributed by atoms with E-state index < -0.39 is 0 Å². The summed E-state index contributed by atoms with van der Waals surface area (Å²) < 4.78 is 5.05. The highest BCUT2D eigenvalue weighted by molar-refractivity contribution is 6.26. The molecule has 0 radical (unpaired) electrons. The van der Waals surface area contributed by atoms with Crippen molar-refractivity contribution in [3.8, 4) is 0 Å². The number of carbonyl (C=O) groups excluding carboxylic acids is 2. The Kier molecular flexibility index (Phi) is 4.17. The maximum Gasteiger partial charge on any atom is 0.261 e. The first-order valence-corrected chi connectivity index (χ1v) is 8.88. The van der Waals surface area contributed by atoms with Crippen LogP contribution in [-0.4, -0.2) is 50.1 Å². The van der Waals surface area contributed by atoms with Crippen LogP contribution in [0.3, 0.4) is 0 Å². The maximum absolute atomic E-state index is 12.8. The Morgan fingerprint density at radius 1 is 0.960 bits per heavy atom. The molecule has 1 fully saturated rings. The Bertz CT molecular complexity index is 818. The standard InChI is InChI=1S/C20H22N2O3/c1-25-13-12-22-19(23)15-7-5-6-14-17(21-10-3-2-4-11-21)9-8-16(18(14)15)20(22)24/h5-9H,2-4,10-13H2,1H3. The van der Waals surface area contributed by atoms with Gasteiger partial charge in [0.05, 0.1) is 13.2 Å². The van der Waals surface area contributed by atoms with Gasteiger partial charge in [0.25, 0.3) is 11.8 Å². The summed E-state index contributed by atoms with van der Waals surface area (Å²) >= 11 is 0. The number of hydrogen-bond acceptors (Lipinski definition) is 4. The summed E-state index contributed by atoms with van der Waals surface area (Å²) in [6, 6.07) is 9.68. The highest BCUT2D eigenvalue weighted by atomic mass is 16.5. The first kappa shape index (κ1) is 16.1. The molecule has 0 aliphatic carbocycles. The van der Waals surface area contributed by atoms with Gasteiger partial charge in [0.15, 0.2) is 0 Å². The average Bonchev–Trinajstić information content (AvgIpc) is 2.66. The summed E-state index contributed by atoms with van der Waals surface area (Å²) in [7, 11) is 1.57. The number of rotatable bonds is 4. The van der Waals surface area contributed by atoms with Crippen LogP contribution in [0, 0.1) is 0 Å². The fourth-order valence-electron chi connectivity index (χ4n) is 3.93. The summed E-state index contributed by atoms with van der Waals surface area (Å²) in [5.41, 5.74) is 2.36. The third kappa shape index (κ3) is 2.59. The SMILES string of the molecule is COCCN1C(=O)c2cccc3c(N4CCCCC4)ccc(c23)C1=O. The number of piperidine rings is 1. The van der Waals surface area contributed by atoms with Crippen molar-refractivity contribution in [2.75, 3.05) is 38.3 Å². The van der Waals surface area contributed by atoms with Crippen LogP contribution >= 0.6 is 0 Å². The molecule has 2 aromatic carbocycles. The van der Waals surface area contributed by atoms with Crippen molar-refractivity contribution in [1.82, 2.24) is 4.90 Å². The summed E-state index contributed by atoms with van der Waals surface area (Å²) in [6.07, 6.45) is 3.64. The molecule has 5 heteroatoms. The summed E-state index contributed by atoms with van der Waals surface area (Å²) in [5.74, 6) is -0.452. The lowest BCUT2D eigenvalue weighted by molar-refractivity contribution is 0.0560. The molecule has 0 bridgehead atoms. The van der Waals surface area contributed by atoms with Crippen LogP contribution in [0.5, 0.6) is 0 Å². The molecule has 0 spiro atoms. The van der Waals surface area contributed by atoms with Crippen LogP contribution in [0.1, 0.15) is 40.0 Å². The van der Waals surface area contributed by atoms with E-state index in [-0.39, 0.29) is 18.4 Å². The first-order valence-electron chi connectivity index (χ1n) is 8.88. The van der Waals surface area contributed by atoms with Crippen LogP contribution in [-0.2, 0) is 4.74 Å². The smallest absolute Gasteiger partial charge is 0.261 e. The number of carbonyl (C=O) groups is 2. The lowest BCUT2D eigenvalue weighted by Gasteiger charge is -2.32. The van der Waals surface area contributed by atoms with Gasteiger partial charge in [0.1, 0.15) is 0 Å². The van der Waals surface area contributed by atoms with Crippen LogP contribution in [0.2, 0.25) is 0 Å². The molecular formula is C20H22N2O3. The normalized spacial score (nSPS) is 17.5. The van der Waals surface area contributed by atoms with Gasteiger partial charge in [0.2, 0.25) is 0 Å². The number of hydrogen-bond donors (Lipinski definition) is 0. The number of anilines is 1. The minimum atomic E-state index is -0.226. The molecule has 0 unspecified atom stereocenters. The van der Waals surface area contributed by atoms with Crippen LogP contribution in [0.4, 0.5) is 5.69 Å². The first-order chi connectivity index (χ1) is 12.2. The quantitative estimate of drug-likeness (QED) is 0.804. The minimum Gasteiger partial charge on any atom is -0.383 e. The zero-order valence-electron chi connectivity index (χ0n) is 14.5. The van der Waals surface area contributed by atoms with E-state index in [1.54, 1.807) is 7.11 Å². The Labute approximate surface area is 147 Å². The number of imide groups is 1. The maximum atomic E-state index is 12.8. The Balaban J connectivity index is 1.85. The number of nitrogens with zero attached hydrogens (tertiary/aromatic N) is 2. The van der Waals surface area contributed by atoms with Gasteiger partial charge in [-0.15, -0.1) is 0 Å². The van der Waals surface area contributed by atoms with Gasteiger partial charge < -0.3 is 9.64 Å². The topological polar surface area (TPSA) is 49.9 Å². The minimum absolute atomic E-state index is 0.226. The van der Waals surface area contributed by atoms with Gasteiger partial charge in [0, 0.05) is 47.8 Å². The zero-order valence-corrected chi connectivity index (χ0v) is 14.5. The second kappa shape index (κ2) is 6.48. The van der Waals surface area contributed by atoms with Crippen molar-refractivity contribution >= 4 is 28.3 Å². The van der Waals surface area contributed by atoms with Crippen molar-refractivity contribution in [2.24, 2.45) is 0 Å². The molecule has 4 rings (SSSR count). The van der Waals surface area contributed by atoms with E-state index in [0.717, 1.165) is 29.5 Å². The predicted molar refractivity (Wildman–Crippen MR) is 97.3 cm³/mol. The third-order valence-corrected chi connectivity index (χ3v) is 5.18. The second-order valence-corrected chi connectivity index (χ2v) is 6.66. The largest absolute Gasteiger partial charge is 0.383 e. The van der Waals surface area contributed by atoms with E-state index in [9.17, 15) is 9.59 Å². The van der Waals surface area contributed by atoms with Gasteiger partial charge >= 0.3 is 0 Å². The molecule has 1 saturated heterocycles. The molecule has 2 aromatic rings. The average molecular weight is 338 g/mol. The number of amides is 2. The monoisotopic (exact) mass is 338 g/mol. The van der Waals surface area contributed by atoms with Gasteiger partial charge in [-0.05, 0) is 37.5 Å². The van der Waals surface area contributed by atoms with Gasteiger partial charge in [-0.25, -0.2) is 0 Å². The van der Waals surface area contributed by atoms with Crippen LogP contribution in [0.15, 0.2) is 30.3 Å². The van der Waals surface area contributed by atoms with E-state index in [0.29, 0.717) is 17.7 Å². The zero-order chi connectivity index (χ0) is 17.4. The molecular weight excluding hydrogens is 316 g/mol. The molecule has 2 heterocycles. The lowest BCUT2D eigenvalue weighted by Crippen LogP contribution is -2.42. The molecule has 25 heavy (non-hydrogen) atoms. The Morgan fingerprint density at radius 2 is 1.68 bits per heavy atom. The van der Waals surface area contributed by atoms with Crippen molar-refractivity contribution < 1.29 is 14.3 Å². The Morgan fingerprint density at radius 3 is 2.40 bits per heavy atom. The van der Waals surface area contributed by atoms with Gasteiger partial charge in [-0.2, -0.15) is 0 Å². The Hall–Kier alpha value is -2.40. The lowest BCUT2D eigenvalue weighted by atomic mass is 9.92. The molecule has 5 nitrogen and oxygen atoms in total. The predicted octanol–water partition coefficient (Wildman–Crippen LogP) is 3.07. The fourth-order valence-corrected chi connectivity index (χ4v) is 3.93. The molecule has 0 N–H and O–H groups in total. The van der Waals surface area contributed by atoms with Gasteiger partial charge in [-0.1, -0.05) is 12.1 Å². The van der Waals surface area contributed by atoms with E-state index in [1.807, 2.05) is 30.3 Å². The van der Waals surface area contributed by atoms with Gasteiger partial charge in [-0.3, -0.25) is 14.5 Å². The molecule has 2 amide bonds. The van der Waals surface area contributed by atoms with E-state index in [2.05, 4.69) is 4.90 Å². The second-order valence-electron chi connectivity index (χ2n) is 6.66. The van der Waals surface area contributed by atoms with Crippen molar-refractivity contribution in [3.05, 3.63) is 41.5 Å². The van der Waals surface area contributed by atoms with E-state index >= 15 is 0 Å². The van der Waals surface area contributed by atoms with E-state index in [4.69, 9.17) is 4.74 Å². The van der Waals surface area contributed by atoms with Crippen LogP contribution in [0.25, 0.3) is 10.8 Å². The number of ether oxygens (including phenoxy) is 1. The van der Waals surface area contributed by atoms with Crippen molar-refractivity contribution in [3.63, 3.8) is 0 Å². The molecule has 0 atom stereocenters. The number of benzene rings is 2.